The lowest BCUT2D eigenvalue weighted by Gasteiger charge is -2.27. The molecule has 0 amide bonds. The molecule has 0 radical (unpaired) electrons. The van der Waals surface area contributed by atoms with Gasteiger partial charge in [-0.2, -0.15) is 10.4 Å². The SMILES string of the molecule is COC(=O)c1ccc(C2=NN(c3ccc(C#N)c(C)n3)C(C3CCCC3)C2)cc1. The molecule has 2 aliphatic rings. The Bertz CT molecular complexity index is 985. The van der Waals surface area contributed by atoms with Crippen molar-refractivity contribution in [2.75, 3.05) is 12.1 Å². The van der Waals surface area contributed by atoms with E-state index in [2.05, 4.69) is 11.1 Å². The zero-order valence-corrected chi connectivity index (χ0v) is 16.8. The molecule has 0 N–H and O–H groups in total. The van der Waals surface area contributed by atoms with Gasteiger partial charge in [0, 0.05) is 6.42 Å². The zero-order valence-electron chi connectivity index (χ0n) is 16.8. The van der Waals surface area contributed by atoms with E-state index in [4.69, 9.17) is 9.84 Å². The lowest BCUT2D eigenvalue weighted by atomic mass is 9.92. The standard InChI is InChI=1S/C23H24N4O2/c1-15-19(14-24)11-12-22(25-15)27-21(17-5-3-4-6-17)13-20(26-27)16-7-9-18(10-8-16)23(28)29-2/h7-12,17,21H,3-6,13H2,1-2H3. The molecule has 148 valence electrons. The van der Waals surface area contributed by atoms with Crippen LogP contribution in [0.15, 0.2) is 41.5 Å². The fourth-order valence-electron chi connectivity index (χ4n) is 4.34. The number of pyridine rings is 1. The van der Waals surface area contributed by atoms with Crippen LogP contribution in [0.2, 0.25) is 0 Å². The minimum atomic E-state index is -0.340. The highest BCUT2D eigenvalue weighted by Crippen LogP contribution is 2.37. The maximum atomic E-state index is 11.7. The number of ether oxygens (including phenoxy) is 1. The van der Waals surface area contributed by atoms with E-state index in [0.717, 1.165) is 29.2 Å². The minimum Gasteiger partial charge on any atom is -0.465 e. The number of hydrazone groups is 1. The van der Waals surface area contributed by atoms with Crippen LogP contribution in [0.1, 0.15) is 59.3 Å². The number of nitrogens with zero attached hydrogens (tertiary/aromatic N) is 4. The number of rotatable bonds is 4. The molecule has 1 saturated carbocycles. The summed E-state index contributed by atoms with van der Waals surface area (Å²) in [6, 6.07) is 13.6. The number of esters is 1. The van der Waals surface area contributed by atoms with Gasteiger partial charge in [0.2, 0.25) is 0 Å². The summed E-state index contributed by atoms with van der Waals surface area (Å²) in [5.41, 5.74) is 3.85. The number of aromatic nitrogens is 1. The molecule has 1 aliphatic carbocycles. The summed E-state index contributed by atoms with van der Waals surface area (Å²) in [7, 11) is 1.38. The number of benzene rings is 1. The number of hydrogen-bond acceptors (Lipinski definition) is 6. The van der Waals surface area contributed by atoms with Crippen LogP contribution in [0, 0.1) is 24.2 Å². The molecule has 1 aromatic carbocycles. The summed E-state index contributed by atoms with van der Waals surface area (Å²) in [5, 5.41) is 16.2. The summed E-state index contributed by atoms with van der Waals surface area (Å²) in [5.74, 6) is 1.04. The van der Waals surface area contributed by atoms with Gasteiger partial charge in [0.25, 0.3) is 0 Å². The van der Waals surface area contributed by atoms with Crippen molar-refractivity contribution in [1.82, 2.24) is 4.98 Å². The van der Waals surface area contributed by atoms with E-state index in [1.165, 1.54) is 32.8 Å². The van der Waals surface area contributed by atoms with E-state index < -0.39 is 0 Å². The third kappa shape index (κ3) is 3.73. The van der Waals surface area contributed by atoms with E-state index in [9.17, 15) is 10.1 Å². The highest BCUT2D eigenvalue weighted by molar-refractivity contribution is 6.03. The molecule has 6 heteroatoms. The maximum absolute atomic E-state index is 11.7. The summed E-state index contributed by atoms with van der Waals surface area (Å²) in [4.78, 5) is 16.4. The van der Waals surface area contributed by atoms with Gasteiger partial charge in [0.05, 0.1) is 35.7 Å². The van der Waals surface area contributed by atoms with Gasteiger partial charge in [-0.25, -0.2) is 14.8 Å². The average Bonchev–Trinajstić information content (AvgIpc) is 3.43. The van der Waals surface area contributed by atoms with Gasteiger partial charge in [-0.1, -0.05) is 25.0 Å². The zero-order chi connectivity index (χ0) is 20.4. The predicted molar refractivity (Wildman–Crippen MR) is 111 cm³/mol. The third-order valence-corrected chi connectivity index (χ3v) is 5.95. The van der Waals surface area contributed by atoms with Crippen LogP contribution in [0.5, 0.6) is 0 Å². The number of methoxy groups -OCH3 is 1. The molecule has 1 unspecified atom stereocenters. The number of aryl methyl sites for hydroxylation is 1. The first-order valence-corrected chi connectivity index (χ1v) is 10.0. The van der Waals surface area contributed by atoms with Crippen molar-refractivity contribution < 1.29 is 9.53 Å². The number of carbonyl (C=O) groups excluding carboxylic acids is 1. The molecule has 2 heterocycles. The van der Waals surface area contributed by atoms with E-state index in [1.54, 1.807) is 12.1 Å². The highest BCUT2D eigenvalue weighted by Gasteiger charge is 2.36. The van der Waals surface area contributed by atoms with Crippen LogP contribution >= 0.6 is 0 Å². The highest BCUT2D eigenvalue weighted by atomic mass is 16.5. The van der Waals surface area contributed by atoms with Crippen molar-refractivity contribution in [3.63, 3.8) is 0 Å². The number of anilines is 1. The molecule has 1 atom stereocenters. The van der Waals surface area contributed by atoms with Crippen molar-refractivity contribution >= 4 is 17.5 Å². The first kappa shape index (κ1) is 19.1. The van der Waals surface area contributed by atoms with Crippen molar-refractivity contribution in [2.24, 2.45) is 11.0 Å². The molecule has 6 nitrogen and oxygen atoms in total. The molecule has 29 heavy (non-hydrogen) atoms. The summed E-state index contributed by atoms with van der Waals surface area (Å²) in [6.07, 6.45) is 5.79. The summed E-state index contributed by atoms with van der Waals surface area (Å²) >= 11 is 0. The Morgan fingerprint density at radius 2 is 1.90 bits per heavy atom. The van der Waals surface area contributed by atoms with E-state index in [-0.39, 0.29) is 12.0 Å². The van der Waals surface area contributed by atoms with Crippen LogP contribution < -0.4 is 5.01 Å². The lowest BCUT2D eigenvalue weighted by Crippen LogP contribution is -2.33. The molecule has 0 bridgehead atoms. The summed E-state index contributed by atoms with van der Waals surface area (Å²) in [6.45, 7) is 1.86. The Morgan fingerprint density at radius 3 is 2.52 bits per heavy atom. The van der Waals surface area contributed by atoms with Gasteiger partial charge in [-0.3, -0.25) is 0 Å². The molecular formula is C23H24N4O2. The number of nitriles is 1. The monoisotopic (exact) mass is 388 g/mol. The smallest absolute Gasteiger partial charge is 0.337 e. The molecular weight excluding hydrogens is 364 g/mol. The fourth-order valence-corrected chi connectivity index (χ4v) is 4.34. The molecule has 0 spiro atoms. The van der Waals surface area contributed by atoms with E-state index in [1.807, 2.05) is 36.2 Å². The van der Waals surface area contributed by atoms with Gasteiger partial charge in [-0.15, -0.1) is 0 Å². The van der Waals surface area contributed by atoms with Crippen LogP contribution in [0.3, 0.4) is 0 Å². The Hall–Kier alpha value is -3.20. The van der Waals surface area contributed by atoms with Crippen molar-refractivity contribution in [1.29, 1.82) is 5.26 Å². The predicted octanol–water partition coefficient (Wildman–Crippen LogP) is 4.22. The molecule has 1 aliphatic heterocycles. The van der Waals surface area contributed by atoms with Crippen LogP contribution in [0.4, 0.5) is 5.82 Å². The number of carbonyl (C=O) groups is 1. The molecule has 4 rings (SSSR count). The normalized spacial score (nSPS) is 19.1. The first-order valence-electron chi connectivity index (χ1n) is 10.0. The third-order valence-electron chi connectivity index (χ3n) is 5.95. The Morgan fingerprint density at radius 1 is 1.17 bits per heavy atom. The number of hydrogen-bond donors (Lipinski definition) is 0. The van der Waals surface area contributed by atoms with Crippen LogP contribution in [-0.4, -0.2) is 29.8 Å². The maximum Gasteiger partial charge on any atom is 0.337 e. The Labute approximate surface area is 170 Å². The second kappa shape index (κ2) is 8.04. The fraction of sp³-hybridized carbons (Fsp3) is 0.391. The Kier molecular flexibility index (Phi) is 5.30. The largest absolute Gasteiger partial charge is 0.465 e. The van der Waals surface area contributed by atoms with Gasteiger partial charge in [0.15, 0.2) is 0 Å². The van der Waals surface area contributed by atoms with Crippen molar-refractivity contribution in [3.8, 4) is 6.07 Å². The van der Waals surface area contributed by atoms with Crippen LogP contribution in [-0.2, 0) is 4.74 Å². The van der Waals surface area contributed by atoms with Gasteiger partial charge in [0.1, 0.15) is 11.9 Å². The van der Waals surface area contributed by atoms with E-state index >= 15 is 0 Å². The second-order valence-electron chi connectivity index (χ2n) is 7.69. The summed E-state index contributed by atoms with van der Waals surface area (Å²) < 4.78 is 4.78. The van der Waals surface area contributed by atoms with Gasteiger partial charge in [-0.05, 0) is 55.5 Å². The van der Waals surface area contributed by atoms with E-state index in [0.29, 0.717) is 17.0 Å². The van der Waals surface area contributed by atoms with Crippen molar-refractivity contribution in [3.05, 3.63) is 58.8 Å². The molecule has 2 aromatic rings. The molecule has 0 saturated heterocycles. The van der Waals surface area contributed by atoms with Gasteiger partial charge >= 0.3 is 5.97 Å². The van der Waals surface area contributed by atoms with Crippen LogP contribution in [0.25, 0.3) is 0 Å². The quantitative estimate of drug-likeness (QED) is 0.733. The molecule has 1 aromatic heterocycles. The topological polar surface area (TPSA) is 78.6 Å². The lowest BCUT2D eigenvalue weighted by molar-refractivity contribution is 0.0600. The second-order valence-corrected chi connectivity index (χ2v) is 7.69. The van der Waals surface area contributed by atoms with Gasteiger partial charge < -0.3 is 4.74 Å². The van der Waals surface area contributed by atoms with Crippen molar-refractivity contribution in [2.45, 2.75) is 45.1 Å². The molecule has 1 fully saturated rings. The average molecular weight is 388 g/mol. The Balaban J connectivity index is 1.67. The minimum absolute atomic E-state index is 0.271. The first-order chi connectivity index (χ1) is 14.1.